The minimum atomic E-state index is -2.55. The van der Waals surface area contributed by atoms with Gasteiger partial charge in [-0.25, -0.2) is 17.6 Å². The van der Waals surface area contributed by atoms with Crippen LogP contribution in [0.1, 0.15) is 44.1 Å². The molecule has 4 atom stereocenters. The molecule has 254 valence electrons. The number of nitrogens with one attached hydrogen (secondary N) is 1. The van der Waals surface area contributed by atoms with Gasteiger partial charge in [-0.2, -0.15) is 9.97 Å². The molecule has 2 bridgehead atoms. The molecule has 4 heterocycles. The largest absolute Gasteiger partial charge is 0.508 e. The summed E-state index contributed by atoms with van der Waals surface area (Å²) in [7, 11) is 0. The number of anilines is 1. The number of aromatic nitrogens is 2. The van der Waals surface area contributed by atoms with Gasteiger partial charge in [-0.1, -0.05) is 18.1 Å². The van der Waals surface area contributed by atoms with Crippen LogP contribution in [0.3, 0.4) is 0 Å². The number of hydrogen-bond donors (Lipinski definition) is 2. The summed E-state index contributed by atoms with van der Waals surface area (Å²) in [5.41, 5.74) is 0.0198. The van der Waals surface area contributed by atoms with Crippen LogP contribution in [0.15, 0.2) is 36.4 Å². The first-order chi connectivity index (χ1) is 23.6. The number of aromatic hydroxyl groups is 1. The summed E-state index contributed by atoms with van der Waals surface area (Å²) < 4.78 is 67.4. The molecule has 0 radical (unpaired) electrons. The molecule has 9 rings (SSSR count). The van der Waals surface area contributed by atoms with Crippen molar-refractivity contribution in [1.29, 1.82) is 0 Å². The van der Waals surface area contributed by atoms with Crippen molar-refractivity contribution in [3.63, 3.8) is 0 Å². The van der Waals surface area contributed by atoms with Gasteiger partial charge >= 0.3 is 6.01 Å². The van der Waals surface area contributed by atoms with Crippen LogP contribution in [0.25, 0.3) is 32.8 Å². The van der Waals surface area contributed by atoms with E-state index in [4.69, 9.17) is 16.1 Å². The van der Waals surface area contributed by atoms with Gasteiger partial charge in [0.1, 0.15) is 22.9 Å². The van der Waals surface area contributed by atoms with Gasteiger partial charge in [-0.05, 0) is 67.2 Å². The molecule has 4 unspecified atom stereocenters. The van der Waals surface area contributed by atoms with Crippen LogP contribution < -0.4 is 15.0 Å². The second-order valence-electron chi connectivity index (χ2n) is 15.1. The molecular weight excluding hydrogens is 634 g/mol. The molecule has 7 nitrogen and oxygen atoms in total. The first-order valence-electron chi connectivity index (χ1n) is 17.2. The van der Waals surface area contributed by atoms with Gasteiger partial charge in [-0.3, -0.25) is 0 Å². The van der Waals surface area contributed by atoms with Crippen LogP contribution in [-0.2, 0) is 0 Å². The van der Waals surface area contributed by atoms with E-state index in [1.807, 2.05) is 0 Å². The van der Waals surface area contributed by atoms with E-state index in [1.165, 1.54) is 18.2 Å². The summed E-state index contributed by atoms with van der Waals surface area (Å²) in [5, 5.41) is 15.4. The summed E-state index contributed by atoms with van der Waals surface area (Å²) >= 11 is 0. The van der Waals surface area contributed by atoms with Gasteiger partial charge in [-0.15, -0.1) is 6.42 Å². The van der Waals surface area contributed by atoms with Crippen LogP contribution in [0.2, 0.25) is 0 Å². The number of phenols is 1. The zero-order chi connectivity index (χ0) is 33.7. The number of ether oxygens (including phenoxy) is 1. The Morgan fingerprint density at radius 3 is 2.43 bits per heavy atom. The summed E-state index contributed by atoms with van der Waals surface area (Å²) in [6, 6.07) is 9.79. The van der Waals surface area contributed by atoms with Crippen molar-refractivity contribution in [1.82, 2.24) is 20.2 Å². The van der Waals surface area contributed by atoms with Crippen LogP contribution in [0.4, 0.5) is 23.4 Å². The van der Waals surface area contributed by atoms with Crippen molar-refractivity contribution in [3.8, 4) is 35.2 Å². The van der Waals surface area contributed by atoms with E-state index in [0.29, 0.717) is 54.9 Å². The van der Waals surface area contributed by atoms with Gasteiger partial charge in [0, 0.05) is 85.0 Å². The number of benzene rings is 3. The summed E-state index contributed by atoms with van der Waals surface area (Å²) in [6.45, 7) is 3.68. The third-order valence-electron chi connectivity index (χ3n) is 11.5. The Morgan fingerprint density at radius 2 is 1.73 bits per heavy atom. The zero-order valence-corrected chi connectivity index (χ0v) is 27.0. The van der Waals surface area contributed by atoms with E-state index in [-0.39, 0.29) is 76.0 Å². The normalized spacial score (nSPS) is 26.7. The van der Waals surface area contributed by atoms with Gasteiger partial charge in [0.05, 0.1) is 12.2 Å². The van der Waals surface area contributed by atoms with E-state index in [0.717, 1.165) is 32.2 Å². The lowest BCUT2D eigenvalue weighted by Gasteiger charge is -2.34. The number of halogens is 4. The van der Waals surface area contributed by atoms with Gasteiger partial charge < -0.3 is 25.0 Å². The average molecular weight is 672 g/mol. The fraction of sp³-hybridized carbons (Fsp3) is 0.474. The minimum absolute atomic E-state index is 0.0131. The SMILES string of the molecule is C#Cc1cccc2cc(O)cc(-c3c(F)cc4c(N5CC6CCC(C5)N6)nc(OCC5(CN6CC7CC(F)(F)CC7C6)CC5)nc4c3F)c12. The van der Waals surface area contributed by atoms with Crippen LogP contribution in [0.5, 0.6) is 11.8 Å². The van der Waals surface area contributed by atoms with Crippen molar-refractivity contribution < 1.29 is 27.4 Å². The predicted octanol–water partition coefficient (Wildman–Crippen LogP) is 6.49. The Labute approximate surface area is 281 Å². The van der Waals surface area contributed by atoms with E-state index in [9.17, 15) is 13.9 Å². The fourth-order valence-corrected chi connectivity index (χ4v) is 9.11. The molecule has 3 saturated heterocycles. The van der Waals surface area contributed by atoms with E-state index in [1.54, 1.807) is 18.2 Å². The molecule has 11 heteroatoms. The monoisotopic (exact) mass is 671 g/mol. The van der Waals surface area contributed by atoms with Crippen LogP contribution >= 0.6 is 0 Å². The highest BCUT2D eigenvalue weighted by atomic mass is 19.3. The fourth-order valence-electron chi connectivity index (χ4n) is 9.11. The molecule has 2 saturated carbocycles. The van der Waals surface area contributed by atoms with Crippen molar-refractivity contribution in [2.24, 2.45) is 17.3 Å². The highest BCUT2D eigenvalue weighted by molar-refractivity contribution is 6.04. The number of phenolic OH excluding ortho intramolecular Hbond substituents is 1. The molecule has 5 fully saturated rings. The molecule has 0 amide bonds. The molecule has 5 aliphatic rings. The standard InChI is InChI=1S/C38H37F4N5O2/c1-2-21-4-3-5-22-10-27(48)11-28(31(21)22)32-30(39)12-29-34(33(32)40)44-36(45-35(29)47-17-25-6-7-26(18-47)43-25)49-20-37(8-9-37)19-46-15-23-13-38(41,42)14-24(23)16-46/h1,3-5,10-12,23-26,43,48H,6-9,13-20H2. The average Bonchev–Trinajstić information content (AvgIpc) is 3.48. The number of likely N-dealkylation sites (tertiary alicyclic amines) is 1. The van der Waals surface area contributed by atoms with Gasteiger partial charge in [0.2, 0.25) is 5.92 Å². The number of nitrogens with zero attached hydrogens (tertiary/aromatic N) is 4. The molecule has 2 N–H and O–H groups in total. The number of piperazine rings is 1. The Hall–Kier alpha value is -4.14. The first-order valence-corrected chi connectivity index (χ1v) is 17.2. The molecule has 0 spiro atoms. The smallest absolute Gasteiger partial charge is 0.319 e. The quantitative estimate of drug-likeness (QED) is 0.172. The van der Waals surface area contributed by atoms with E-state index >= 15 is 8.78 Å². The number of rotatable bonds is 7. The highest BCUT2D eigenvalue weighted by Crippen LogP contribution is 2.51. The lowest BCUT2D eigenvalue weighted by molar-refractivity contribution is -0.00344. The molecule has 3 aliphatic heterocycles. The Bertz CT molecular complexity index is 2020. The lowest BCUT2D eigenvalue weighted by atomic mass is 9.93. The number of alkyl halides is 2. The van der Waals surface area contributed by atoms with E-state index < -0.39 is 17.6 Å². The number of hydrogen-bond acceptors (Lipinski definition) is 7. The van der Waals surface area contributed by atoms with Crippen molar-refractivity contribution in [2.75, 3.05) is 44.2 Å². The summed E-state index contributed by atoms with van der Waals surface area (Å²) in [6.07, 6.45) is 9.63. The highest BCUT2D eigenvalue weighted by Gasteiger charge is 2.53. The van der Waals surface area contributed by atoms with E-state index in [2.05, 4.69) is 26.0 Å². The van der Waals surface area contributed by atoms with Crippen molar-refractivity contribution in [2.45, 2.75) is 56.5 Å². The molecule has 49 heavy (non-hydrogen) atoms. The van der Waals surface area contributed by atoms with Crippen molar-refractivity contribution in [3.05, 3.63) is 53.6 Å². The number of terminal acetylenes is 1. The molecule has 4 aromatic rings. The van der Waals surface area contributed by atoms with Crippen LogP contribution in [0, 0.1) is 41.2 Å². The molecule has 1 aromatic heterocycles. The van der Waals surface area contributed by atoms with Gasteiger partial charge in [0.15, 0.2) is 5.82 Å². The Morgan fingerprint density at radius 1 is 1.00 bits per heavy atom. The topological polar surface area (TPSA) is 73.8 Å². The number of fused-ring (bicyclic) bond motifs is 5. The third kappa shape index (κ3) is 5.44. The van der Waals surface area contributed by atoms with Crippen LogP contribution in [-0.4, -0.2) is 77.3 Å². The lowest BCUT2D eigenvalue weighted by Crippen LogP contribution is -2.51. The molecule has 2 aliphatic carbocycles. The predicted molar refractivity (Wildman–Crippen MR) is 179 cm³/mol. The maximum atomic E-state index is 16.9. The zero-order valence-electron chi connectivity index (χ0n) is 27.0. The first kappa shape index (κ1) is 30.9. The Balaban J connectivity index is 1.09. The minimum Gasteiger partial charge on any atom is -0.508 e. The van der Waals surface area contributed by atoms with Gasteiger partial charge in [0.25, 0.3) is 0 Å². The summed E-state index contributed by atoms with van der Waals surface area (Å²) in [5.74, 6) is -1.30. The maximum absolute atomic E-state index is 16.9. The molecular formula is C38H37F4N5O2. The third-order valence-corrected chi connectivity index (χ3v) is 11.5. The molecule has 3 aromatic carbocycles. The summed E-state index contributed by atoms with van der Waals surface area (Å²) in [4.78, 5) is 13.7. The second-order valence-corrected chi connectivity index (χ2v) is 15.1. The maximum Gasteiger partial charge on any atom is 0.319 e. The second kappa shape index (κ2) is 11.2. The van der Waals surface area contributed by atoms with Crippen molar-refractivity contribution >= 4 is 27.5 Å². The Kier molecular flexibility index (Phi) is 7.05.